The minimum Gasteiger partial charge on any atom is -0.368 e. The number of nitrogens with two attached hydrogens (primary N) is 2. The molecule has 5 nitrogen and oxygen atoms in total. The van der Waals surface area contributed by atoms with Gasteiger partial charge in [-0.05, 0) is 12.8 Å². The highest BCUT2D eigenvalue weighted by molar-refractivity contribution is 5.84. The van der Waals surface area contributed by atoms with E-state index in [4.69, 9.17) is 16.2 Å². The van der Waals surface area contributed by atoms with Gasteiger partial charge in [-0.1, -0.05) is 19.3 Å². The molecule has 0 atom stereocenters. The molecule has 80 valence electrons. The maximum atomic E-state index is 11.2. The smallest absolute Gasteiger partial charge is 0.249 e. The topological polar surface area (TPSA) is 95.4 Å². The third-order valence-corrected chi connectivity index (χ3v) is 2.60. The molecule has 1 rings (SSSR count). The van der Waals surface area contributed by atoms with Gasteiger partial charge >= 0.3 is 0 Å². The van der Waals surface area contributed by atoms with Crippen LogP contribution in [0.2, 0.25) is 0 Å². The highest BCUT2D eigenvalue weighted by Crippen LogP contribution is 2.31. The molecule has 1 saturated carbocycles. The maximum Gasteiger partial charge on any atom is 0.249 e. The van der Waals surface area contributed by atoms with Gasteiger partial charge in [-0.25, -0.2) is 0 Å². The number of carbonyl (C=O) groups is 2. The van der Waals surface area contributed by atoms with Crippen LogP contribution in [0, 0.1) is 0 Å². The van der Waals surface area contributed by atoms with Gasteiger partial charge in [0.1, 0.15) is 12.2 Å². The molecule has 0 aromatic carbocycles. The van der Waals surface area contributed by atoms with Gasteiger partial charge in [-0.15, -0.1) is 0 Å². The van der Waals surface area contributed by atoms with Gasteiger partial charge in [0, 0.05) is 0 Å². The van der Waals surface area contributed by atoms with E-state index in [0.29, 0.717) is 12.8 Å². The summed E-state index contributed by atoms with van der Waals surface area (Å²) in [5, 5.41) is 0. The Morgan fingerprint density at radius 1 is 1.14 bits per heavy atom. The lowest BCUT2D eigenvalue weighted by molar-refractivity contribution is -0.152. The van der Waals surface area contributed by atoms with Crippen LogP contribution < -0.4 is 11.5 Å². The molecular formula is C9H16N2O3. The summed E-state index contributed by atoms with van der Waals surface area (Å²) in [4.78, 5) is 21.8. The summed E-state index contributed by atoms with van der Waals surface area (Å²) < 4.78 is 5.24. The quantitative estimate of drug-likeness (QED) is 0.650. The third-order valence-electron chi connectivity index (χ3n) is 2.60. The van der Waals surface area contributed by atoms with E-state index in [1.807, 2.05) is 0 Å². The average Bonchev–Trinajstić information content (AvgIpc) is 2.16. The lowest BCUT2D eigenvalue weighted by Crippen LogP contribution is -2.49. The van der Waals surface area contributed by atoms with Gasteiger partial charge in [0.25, 0.3) is 0 Å². The van der Waals surface area contributed by atoms with E-state index < -0.39 is 17.4 Å². The molecule has 5 heteroatoms. The molecule has 0 spiro atoms. The van der Waals surface area contributed by atoms with Crippen molar-refractivity contribution in [2.75, 3.05) is 6.61 Å². The first-order chi connectivity index (χ1) is 6.57. The first-order valence-electron chi connectivity index (χ1n) is 4.79. The predicted molar refractivity (Wildman–Crippen MR) is 50.2 cm³/mol. The van der Waals surface area contributed by atoms with Crippen LogP contribution in [0.4, 0.5) is 0 Å². The molecule has 14 heavy (non-hydrogen) atoms. The largest absolute Gasteiger partial charge is 0.368 e. The van der Waals surface area contributed by atoms with Gasteiger partial charge in [-0.3, -0.25) is 9.59 Å². The highest BCUT2D eigenvalue weighted by Gasteiger charge is 2.39. The van der Waals surface area contributed by atoms with E-state index >= 15 is 0 Å². The lowest BCUT2D eigenvalue weighted by Gasteiger charge is -2.33. The second-order valence-electron chi connectivity index (χ2n) is 3.67. The van der Waals surface area contributed by atoms with E-state index in [0.717, 1.165) is 19.3 Å². The summed E-state index contributed by atoms with van der Waals surface area (Å²) in [6.45, 7) is -0.233. The van der Waals surface area contributed by atoms with Crippen molar-refractivity contribution in [3.05, 3.63) is 0 Å². The number of amides is 2. The Hall–Kier alpha value is -1.10. The third kappa shape index (κ3) is 2.45. The van der Waals surface area contributed by atoms with Crippen molar-refractivity contribution in [3.8, 4) is 0 Å². The fourth-order valence-corrected chi connectivity index (χ4v) is 1.79. The lowest BCUT2D eigenvalue weighted by atomic mass is 9.84. The number of ether oxygens (including phenoxy) is 1. The average molecular weight is 200 g/mol. The molecule has 0 aliphatic heterocycles. The molecule has 0 radical (unpaired) electrons. The first-order valence-corrected chi connectivity index (χ1v) is 4.79. The summed E-state index contributed by atoms with van der Waals surface area (Å²) >= 11 is 0. The van der Waals surface area contributed by atoms with Crippen LogP contribution in [0.15, 0.2) is 0 Å². The molecule has 4 N–H and O–H groups in total. The maximum absolute atomic E-state index is 11.2. The molecule has 2 amide bonds. The monoisotopic (exact) mass is 200 g/mol. The SMILES string of the molecule is NC(=O)COC1(C(N)=O)CCCCC1. The van der Waals surface area contributed by atoms with Crippen molar-refractivity contribution >= 4 is 11.8 Å². The Bertz CT molecular complexity index is 234. The molecule has 0 unspecified atom stereocenters. The van der Waals surface area contributed by atoms with Crippen molar-refractivity contribution < 1.29 is 14.3 Å². The van der Waals surface area contributed by atoms with Crippen LogP contribution in [0.1, 0.15) is 32.1 Å². The molecular weight excluding hydrogens is 184 g/mol. The van der Waals surface area contributed by atoms with Gasteiger partial charge in [0.05, 0.1) is 0 Å². The first kappa shape index (κ1) is 11.0. The number of hydrogen-bond acceptors (Lipinski definition) is 3. The van der Waals surface area contributed by atoms with Crippen molar-refractivity contribution in [1.29, 1.82) is 0 Å². The summed E-state index contributed by atoms with van der Waals surface area (Å²) in [7, 11) is 0. The van der Waals surface area contributed by atoms with E-state index in [1.165, 1.54) is 0 Å². The van der Waals surface area contributed by atoms with Gasteiger partial charge in [-0.2, -0.15) is 0 Å². The zero-order valence-corrected chi connectivity index (χ0v) is 8.12. The standard InChI is InChI=1S/C9H16N2O3/c10-7(12)6-14-9(8(11)13)4-2-1-3-5-9/h1-6H2,(H2,10,12)(H2,11,13). The van der Waals surface area contributed by atoms with Gasteiger partial charge in [0.15, 0.2) is 0 Å². The van der Waals surface area contributed by atoms with E-state index in [9.17, 15) is 9.59 Å². The summed E-state index contributed by atoms with van der Waals surface area (Å²) in [6.07, 6.45) is 4.07. The number of carbonyl (C=O) groups excluding carboxylic acids is 2. The van der Waals surface area contributed by atoms with Gasteiger partial charge < -0.3 is 16.2 Å². The summed E-state index contributed by atoms with van der Waals surface area (Å²) in [5.41, 5.74) is 9.27. The van der Waals surface area contributed by atoms with E-state index in [1.54, 1.807) is 0 Å². The zero-order chi connectivity index (χ0) is 10.6. The minimum absolute atomic E-state index is 0.233. The molecule has 0 aromatic rings. The molecule has 0 saturated heterocycles. The van der Waals surface area contributed by atoms with E-state index in [2.05, 4.69) is 0 Å². The van der Waals surface area contributed by atoms with Crippen LogP contribution >= 0.6 is 0 Å². The normalized spacial score (nSPS) is 20.3. The summed E-state index contributed by atoms with van der Waals surface area (Å²) in [6, 6.07) is 0. The summed E-state index contributed by atoms with van der Waals surface area (Å²) in [5.74, 6) is -1.06. The minimum atomic E-state index is -0.951. The van der Waals surface area contributed by atoms with Crippen LogP contribution in [0.5, 0.6) is 0 Å². The Morgan fingerprint density at radius 3 is 2.14 bits per heavy atom. The fraction of sp³-hybridized carbons (Fsp3) is 0.778. The second-order valence-corrected chi connectivity index (χ2v) is 3.67. The van der Waals surface area contributed by atoms with Gasteiger partial charge in [0.2, 0.25) is 11.8 Å². The second kappa shape index (κ2) is 4.41. The number of hydrogen-bond donors (Lipinski definition) is 2. The number of primary amides is 2. The molecule has 1 aliphatic carbocycles. The van der Waals surface area contributed by atoms with Crippen molar-refractivity contribution in [2.24, 2.45) is 11.5 Å². The highest BCUT2D eigenvalue weighted by atomic mass is 16.5. The fourth-order valence-electron chi connectivity index (χ4n) is 1.79. The molecule has 0 aromatic heterocycles. The Balaban J connectivity index is 2.60. The molecule has 1 fully saturated rings. The molecule has 1 aliphatic rings. The van der Waals surface area contributed by atoms with Crippen LogP contribution in [0.3, 0.4) is 0 Å². The molecule has 0 heterocycles. The Labute approximate surface area is 82.8 Å². The van der Waals surface area contributed by atoms with Crippen molar-refractivity contribution in [1.82, 2.24) is 0 Å². The van der Waals surface area contributed by atoms with Crippen LogP contribution in [0.25, 0.3) is 0 Å². The number of rotatable bonds is 4. The Kier molecular flexibility index (Phi) is 3.46. The molecule has 0 bridgehead atoms. The van der Waals surface area contributed by atoms with Crippen molar-refractivity contribution in [2.45, 2.75) is 37.7 Å². The zero-order valence-electron chi connectivity index (χ0n) is 8.12. The van der Waals surface area contributed by atoms with E-state index in [-0.39, 0.29) is 6.61 Å². The predicted octanol–water partition coefficient (Wildman–Crippen LogP) is -0.324. The van der Waals surface area contributed by atoms with Crippen LogP contribution in [-0.4, -0.2) is 24.0 Å². The Morgan fingerprint density at radius 2 is 1.71 bits per heavy atom. The van der Waals surface area contributed by atoms with Crippen LogP contribution in [-0.2, 0) is 14.3 Å². The van der Waals surface area contributed by atoms with Crippen molar-refractivity contribution in [3.63, 3.8) is 0 Å².